The van der Waals surface area contributed by atoms with Crippen molar-refractivity contribution in [2.45, 2.75) is 13.8 Å². The molecule has 1 amide bonds. The van der Waals surface area contributed by atoms with Crippen molar-refractivity contribution >= 4 is 17.5 Å². The van der Waals surface area contributed by atoms with Gasteiger partial charge in [-0.05, 0) is 32.0 Å². The molecular weight excluding hydrogens is 308 g/mol. The maximum Gasteiger partial charge on any atom is 0.243 e. The third-order valence-corrected chi connectivity index (χ3v) is 3.10. The van der Waals surface area contributed by atoms with Crippen LogP contribution in [0.5, 0.6) is 11.5 Å². The SMILES string of the molecule is CCOc1ccc(NC(=O)CN(C)c2ncccn2)cc1OCC. The summed E-state index contributed by atoms with van der Waals surface area (Å²) in [6, 6.07) is 7.05. The topological polar surface area (TPSA) is 76.6 Å². The number of carbonyl (C=O) groups excluding carboxylic acids is 1. The van der Waals surface area contributed by atoms with Gasteiger partial charge < -0.3 is 19.7 Å². The number of nitrogens with zero attached hydrogens (tertiary/aromatic N) is 3. The summed E-state index contributed by atoms with van der Waals surface area (Å²) in [5.41, 5.74) is 0.647. The molecule has 2 aromatic rings. The van der Waals surface area contributed by atoms with E-state index < -0.39 is 0 Å². The van der Waals surface area contributed by atoms with Crippen LogP contribution in [0.15, 0.2) is 36.7 Å². The van der Waals surface area contributed by atoms with Gasteiger partial charge in [0.1, 0.15) is 0 Å². The lowest BCUT2D eigenvalue weighted by molar-refractivity contribution is -0.114. The highest BCUT2D eigenvalue weighted by Crippen LogP contribution is 2.30. The fourth-order valence-electron chi connectivity index (χ4n) is 2.10. The molecule has 0 fully saturated rings. The molecule has 0 saturated heterocycles. The van der Waals surface area contributed by atoms with Crippen molar-refractivity contribution in [3.8, 4) is 11.5 Å². The quantitative estimate of drug-likeness (QED) is 0.800. The lowest BCUT2D eigenvalue weighted by Crippen LogP contribution is -2.31. The zero-order chi connectivity index (χ0) is 17.4. The molecule has 1 N–H and O–H groups in total. The van der Waals surface area contributed by atoms with Crippen LogP contribution in [0.4, 0.5) is 11.6 Å². The second-order valence-corrected chi connectivity index (χ2v) is 4.98. The molecule has 0 bridgehead atoms. The fourth-order valence-corrected chi connectivity index (χ4v) is 2.10. The standard InChI is InChI=1S/C17H22N4O3/c1-4-23-14-8-7-13(11-15(14)24-5-2)20-16(22)12-21(3)17-18-9-6-10-19-17/h6-11H,4-5,12H2,1-3H3,(H,20,22). The Morgan fingerprint density at radius 1 is 1.12 bits per heavy atom. The summed E-state index contributed by atoms with van der Waals surface area (Å²) in [6.07, 6.45) is 3.27. The maximum atomic E-state index is 12.2. The van der Waals surface area contributed by atoms with Gasteiger partial charge in [0.15, 0.2) is 11.5 Å². The molecule has 0 aliphatic carbocycles. The van der Waals surface area contributed by atoms with Crippen molar-refractivity contribution < 1.29 is 14.3 Å². The molecule has 1 aromatic carbocycles. The highest BCUT2D eigenvalue weighted by molar-refractivity contribution is 5.94. The van der Waals surface area contributed by atoms with E-state index in [0.717, 1.165) is 0 Å². The van der Waals surface area contributed by atoms with Crippen molar-refractivity contribution in [3.05, 3.63) is 36.7 Å². The van der Waals surface area contributed by atoms with Gasteiger partial charge in [0.2, 0.25) is 11.9 Å². The molecule has 0 atom stereocenters. The van der Waals surface area contributed by atoms with E-state index in [4.69, 9.17) is 9.47 Å². The predicted molar refractivity (Wildman–Crippen MR) is 92.7 cm³/mol. The Kier molecular flexibility index (Phi) is 6.36. The van der Waals surface area contributed by atoms with Crippen molar-refractivity contribution in [2.24, 2.45) is 0 Å². The number of amides is 1. The molecule has 1 aromatic heterocycles. The first-order valence-corrected chi connectivity index (χ1v) is 7.81. The third-order valence-electron chi connectivity index (χ3n) is 3.10. The van der Waals surface area contributed by atoms with Crippen LogP contribution in [0.25, 0.3) is 0 Å². The number of benzene rings is 1. The number of anilines is 2. The average Bonchev–Trinajstić information content (AvgIpc) is 2.58. The van der Waals surface area contributed by atoms with Gasteiger partial charge in [0.05, 0.1) is 19.8 Å². The summed E-state index contributed by atoms with van der Waals surface area (Å²) in [5.74, 6) is 1.59. The minimum atomic E-state index is -0.170. The first-order chi connectivity index (χ1) is 11.6. The van der Waals surface area contributed by atoms with Crippen LogP contribution in [0.2, 0.25) is 0 Å². The zero-order valence-corrected chi connectivity index (χ0v) is 14.2. The normalized spacial score (nSPS) is 10.1. The highest BCUT2D eigenvalue weighted by atomic mass is 16.5. The lowest BCUT2D eigenvalue weighted by Gasteiger charge is -2.17. The molecule has 7 heteroatoms. The van der Waals surface area contributed by atoms with Crippen LogP contribution in [0, 0.1) is 0 Å². The second kappa shape index (κ2) is 8.71. The molecule has 0 aliphatic rings. The summed E-state index contributed by atoms with van der Waals surface area (Å²) in [7, 11) is 1.76. The number of aromatic nitrogens is 2. The van der Waals surface area contributed by atoms with E-state index in [1.807, 2.05) is 13.8 Å². The average molecular weight is 330 g/mol. The minimum Gasteiger partial charge on any atom is -0.490 e. The van der Waals surface area contributed by atoms with Crippen LogP contribution < -0.4 is 19.7 Å². The minimum absolute atomic E-state index is 0.140. The lowest BCUT2D eigenvalue weighted by atomic mass is 10.2. The van der Waals surface area contributed by atoms with Crippen molar-refractivity contribution in [1.29, 1.82) is 0 Å². The summed E-state index contributed by atoms with van der Waals surface area (Å²) in [5, 5.41) is 2.84. The molecular formula is C17H22N4O3. The number of hydrogen-bond acceptors (Lipinski definition) is 6. The molecule has 24 heavy (non-hydrogen) atoms. The Morgan fingerprint density at radius 3 is 2.46 bits per heavy atom. The Morgan fingerprint density at radius 2 is 1.79 bits per heavy atom. The monoisotopic (exact) mass is 330 g/mol. The number of hydrogen-bond donors (Lipinski definition) is 1. The summed E-state index contributed by atoms with van der Waals surface area (Å²) in [4.78, 5) is 22.1. The van der Waals surface area contributed by atoms with Gasteiger partial charge in [-0.1, -0.05) is 0 Å². The van der Waals surface area contributed by atoms with Crippen molar-refractivity contribution in [1.82, 2.24) is 9.97 Å². The molecule has 0 aliphatic heterocycles. The third kappa shape index (κ3) is 4.84. The maximum absolute atomic E-state index is 12.2. The Balaban J connectivity index is 2.01. The molecule has 1 heterocycles. The Labute approximate surface area is 141 Å². The summed E-state index contributed by atoms with van der Waals surface area (Å²) >= 11 is 0. The molecule has 2 rings (SSSR count). The molecule has 0 saturated carbocycles. The van der Waals surface area contributed by atoms with Gasteiger partial charge in [-0.3, -0.25) is 4.79 Å². The van der Waals surface area contributed by atoms with E-state index in [1.54, 1.807) is 48.6 Å². The van der Waals surface area contributed by atoms with Gasteiger partial charge >= 0.3 is 0 Å². The van der Waals surface area contributed by atoms with E-state index in [9.17, 15) is 4.79 Å². The first kappa shape index (κ1) is 17.5. The fraction of sp³-hybridized carbons (Fsp3) is 0.353. The van der Waals surface area contributed by atoms with Crippen LogP contribution >= 0.6 is 0 Å². The van der Waals surface area contributed by atoms with Crippen LogP contribution in [0.3, 0.4) is 0 Å². The number of nitrogens with one attached hydrogen (secondary N) is 1. The van der Waals surface area contributed by atoms with E-state index >= 15 is 0 Å². The van der Waals surface area contributed by atoms with Gasteiger partial charge in [0.25, 0.3) is 0 Å². The highest BCUT2D eigenvalue weighted by Gasteiger charge is 2.11. The number of ether oxygens (including phenoxy) is 2. The number of rotatable bonds is 8. The summed E-state index contributed by atoms with van der Waals surface area (Å²) < 4.78 is 11.1. The number of likely N-dealkylation sites (N-methyl/N-ethyl adjacent to an activating group) is 1. The van der Waals surface area contributed by atoms with Crippen molar-refractivity contribution in [2.75, 3.05) is 37.0 Å². The van der Waals surface area contributed by atoms with Gasteiger partial charge in [-0.25, -0.2) is 9.97 Å². The molecule has 7 nitrogen and oxygen atoms in total. The smallest absolute Gasteiger partial charge is 0.243 e. The van der Waals surface area contributed by atoms with E-state index in [0.29, 0.717) is 36.3 Å². The van der Waals surface area contributed by atoms with E-state index in [2.05, 4.69) is 15.3 Å². The zero-order valence-electron chi connectivity index (χ0n) is 14.2. The van der Waals surface area contributed by atoms with Crippen LogP contribution in [0.1, 0.15) is 13.8 Å². The second-order valence-electron chi connectivity index (χ2n) is 4.98. The van der Waals surface area contributed by atoms with Gasteiger partial charge in [0, 0.05) is 31.2 Å². The van der Waals surface area contributed by atoms with Gasteiger partial charge in [-0.15, -0.1) is 0 Å². The Hall–Kier alpha value is -2.83. The van der Waals surface area contributed by atoms with Crippen LogP contribution in [-0.2, 0) is 4.79 Å². The van der Waals surface area contributed by atoms with E-state index in [1.165, 1.54) is 0 Å². The molecule has 0 unspecified atom stereocenters. The van der Waals surface area contributed by atoms with Gasteiger partial charge in [-0.2, -0.15) is 0 Å². The molecule has 0 radical (unpaired) electrons. The van der Waals surface area contributed by atoms with Crippen molar-refractivity contribution in [3.63, 3.8) is 0 Å². The Bertz CT molecular complexity index is 664. The molecule has 0 spiro atoms. The largest absolute Gasteiger partial charge is 0.490 e. The summed E-state index contributed by atoms with van der Waals surface area (Å²) in [6.45, 7) is 5.02. The number of carbonyl (C=O) groups is 1. The molecule has 128 valence electrons. The van der Waals surface area contributed by atoms with Crippen LogP contribution in [-0.4, -0.2) is 42.7 Å². The first-order valence-electron chi connectivity index (χ1n) is 7.81. The predicted octanol–water partition coefficient (Wildman–Crippen LogP) is 2.35. The van der Waals surface area contributed by atoms with E-state index in [-0.39, 0.29) is 12.5 Å².